The first-order valence-electron chi connectivity index (χ1n) is 6.27. The van der Waals surface area contributed by atoms with Crippen molar-refractivity contribution in [3.8, 4) is 0 Å². The number of carbonyl (C=O) groups is 2. The summed E-state index contributed by atoms with van der Waals surface area (Å²) in [4.78, 5) is 23.3. The highest BCUT2D eigenvalue weighted by molar-refractivity contribution is 5.81. The molecule has 0 spiro atoms. The largest absolute Gasteiger partial charge is 0.481 e. The third kappa shape index (κ3) is 2.22. The topological polar surface area (TPSA) is 87.7 Å². The van der Waals surface area contributed by atoms with Crippen LogP contribution in [0.1, 0.15) is 13.8 Å². The molecule has 2 saturated heterocycles. The maximum absolute atomic E-state index is 12.1. The first kappa shape index (κ1) is 13.3. The van der Waals surface area contributed by atoms with Crippen molar-refractivity contribution in [3.63, 3.8) is 0 Å². The third-order valence-electron chi connectivity index (χ3n) is 4.19. The Morgan fingerprint density at radius 3 is 2.67 bits per heavy atom. The summed E-state index contributed by atoms with van der Waals surface area (Å²) in [7, 11) is 0. The van der Waals surface area contributed by atoms with Gasteiger partial charge in [-0.2, -0.15) is 0 Å². The number of amides is 1. The van der Waals surface area contributed by atoms with Crippen molar-refractivity contribution in [3.05, 3.63) is 0 Å². The van der Waals surface area contributed by atoms with Gasteiger partial charge in [-0.05, 0) is 25.9 Å². The van der Waals surface area contributed by atoms with Crippen LogP contribution in [0, 0.1) is 17.3 Å². The van der Waals surface area contributed by atoms with Crippen molar-refractivity contribution in [2.45, 2.75) is 19.9 Å². The number of aliphatic carboxylic acids is 1. The number of hydrogen-bond donors (Lipinski definition) is 3. The average molecular weight is 256 g/mol. The van der Waals surface area contributed by atoms with Crippen LogP contribution < -0.4 is 10.6 Å². The predicted octanol–water partition coefficient (Wildman–Crippen LogP) is -0.552. The van der Waals surface area contributed by atoms with Gasteiger partial charge in [0.05, 0.1) is 19.3 Å². The molecule has 2 heterocycles. The molecule has 0 aromatic carbocycles. The Kier molecular flexibility index (Phi) is 3.59. The van der Waals surface area contributed by atoms with E-state index in [-0.39, 0.29) is 25.0 Å². The van der Waals surface area contributed by atoms with Crippen molar-refractivity contribution >= 4 is 11.9 Å². The molecule has 0 radical (unpaired) electrons. The van der Waals surface area contributed by atoms with Crippen molar-refractivity contribution < 1.29 is 19.4 Å². The highest BCUT2D eigenvalue weighted by Gasteiger charge is 2.47. The lowest BCUT2D eigenvalue weighted by atomic mass is 9.84. The zero-order valence-electron chi connectivity index (χ0n) is 10.7. The molecule has 1 amide bonds. The zero-order chi connectivity index (χ0) is 13.3. The van der Waals surface area contributed by atoms with Crippen LogP contribution in [0.3, 0.4) is 0 Å². The van der Waals surface area contributed by atoms with Gasteiger partial charge in [-0.1, -0.05) is 6.92 Å². The van der Waals surface area contributed by atoms with Gasteiger partial charge in [-0.15, -0.1) is 0 Å². The minimum atomic E-state index is -1.02. The van der Waals surface area contributed by atoms with Crippen LogP contribution in [0.2, 0.25) is 0 Å². The van der Waals surface area contributed by atoms with Gasteiger partial charge in [0.1, 0.15) is 5.41 Å². The molecule has 2 aliphatic rings. The smallest absolute Gasteiger partial charge is 0.313 e. The predicted molar refractivity (Wildman–Crippen MR) is 64.0 cm³/mol. The fraction of sp³-hybridized carbons (Fsp3) is 0.833. The van der Waals surface area contributed by atoms with Crippen LogP contribution in [0.4, 0.5) is 0 Å². The minimum absolute atomic E-state index is 0.0792. The zero-order valence-corrected chi connectivity index (χ0v) is 10.7. The molecule has 102 valence electrons. The number of carboxylic acids is 1. The average Bonchev–Trinajstić information content (AvgIpc) is 2.59. The first-order valence-corrected chi connectivity index (χ1v) is 6.27. The van der Waals surface area contributed by atoms with E-state index in [4.69, 9.17) is 4.74 Å². The van der Waals surface area contributed by atoms with E-state index < -0.39 is 17.4 Å². The molecule has 3 atom stereocenters. The number of hydrogen-bond acceptors (Lipinski definition) is 4. The van der Waals surface area contributed by atoms with E-state index in [0.717, 1.165) is 13.1 Å². The summed E-state index contributed by atoms with van der Waals surface area (Å²) in [5.41, 5.74) is -1.02. The van der Waals surface area contributed by atoms with E-state index in [9.17, 15) is 14.7 Å². The van der Waals surface area contributed by atoms with Gasteiger partial charge in [0.25, 0.3) is 0 Å². The Hall–Kier alpha value is -1.14. The fourth-order valence-electron chi connectivity index (χ4n) is 2.27. The second-order valence-electron chi connectivity index (χ2n) is 5.51. The molecule has 2 rings (SSSR count). The number of rotatable bonds is 4. The Balaban J connectivity index is 1.95. The van der Waals surface area contributed by atoms with Gasteiger partial charge in [0, 0.05) is 5.92 Å². The molecule has 6 heteroatoms. The number of ether oxygens (including phenoxy) is 1. The lowest BCUT2D eigenvalue weighted by Gasteiger charge is -2.33. The van der Waals surface area contributed by atoms with Crippen LogP contribution in [-0.4, -0.2) is 49.3 Å². The van der Waals surface area contributed by atoms with Gasteiger partial charge in [0.2, 0.25) is 5.91 Å². The molecular formula is C12H20N2O4. The van der Waals surface area contributed by atoms with E-state index in [1.165, 1.54) is 0 Å². The lowest BCUT2D eigenvalue weighted by Crippen LogP contribution is -2.54. The molecule has 0 aromatic rings. The van der Waals surface area contributed by atoms with E-state index in [0.29, 0.717) is 5.92 Å². The summed E-state index contributed by atoms with van der Waals surface area (Å²) < 4.78 is 5.21. The third-order valence-corrected chi connectivity index (χ3v) is 4.19. The Bertz CT molecular complexity index is 356. The monoisotopic (exact) mass is 256 g/mol. The Labute approximate surface area is 106 Å². The van der Waals surface area contributed by atoms with Crippen molar-refractivity contribution in [2.24, 2.45) is 17.3 Å². The Morgan fingerprint density at radius 1 is 1.50 bits per heavy atom. The normalized spacial score (nSPS) is 33.8. The lowest BCUT2D eigenvalue weighted by molar-refractivity contribution is -0.149. The van der Waals surface area contributed by atoms with E-state index in [1.807, 2.05) is 6.92 Å². The summed E-state index contributed by atoms with van der Waals surface area (Å²) in [6.45, 7) is 5.62. The maximum Gasteiger partial charge on any atom is 0.313 e. The molecule has 6 nitrogen and oxygen atoms in total. The second-order valence-corrected chi connectivity index (χ2v) is 5.51. The SMILES string of the molecule is CC(C(=O)NC1COCC1(C)C(=O)O)C1CNC1. The van der Waals surface area contributed by atoms with Gasteiger partial charge in [0.15, 0.2) is 0 Å². The number of nitrogens with one attached hydrogen (secondary N) is 2. The van der Waals surface area contributed by atoms with Gasteiger partial charge in [-0.25, -0.2) is 0 Å². The van der Waals surface area contributed by atoms with Gasteiger partial charge >= 0.3 is 5.97 Å². The Morgan fingerprint density at radius 2 is 2.17 bits per heavy atom. The van der Waals surface area contributed by atoms with Crippen LogP contribution >= 0.6 is 0 Å². The van der Waals surface area contributed by atoms with Crippen LogP contribution in [0.25, 0.3) is 0 Å². The van der Waals surface area contributed by atoms with Crippen LogP contribution in [-0.2, 0) is 14.3 Å². The summed E-state index contributed by atoms with van der Waals surface area (Å²) in [5, 5.41) is 15.2. The summed E-state index contributed by atoms with van der Waals surface area (Å²) in [6, 6.07) is -0.446. The summed E-state index contributed by atoms with van der Waals surface area (Å²) in [6.07, 6.45) is 0. The highest BCUT2D eigenvalue weighted by atomic mass is 16.5. The molecule has 0 bridgehead atoms. The highest BCUT2D eigenvalue weighted by Crippen LogP contribution is 2.29. The standard InChI is InChI=1S/C12H20N2O4/c1-7(8-3-13-4-8)10(15)14-9-5-18-6-12(9,2)11(16)17/h7-9,13H,3-6H2,1-2H3,(H,14,15)(H,16,17). The number of carbonyl (C=O) groups excluding carboxylic acids is 1. The molecule has 0 aliphatic carbocycles. The van der Waals surface area contributed by atoms with Gasteiger partial charge < -0.3 is 20.5 Å². The molecule has 3 N–H and O–H groups in total. The van der Waals surface area contributed by atoms with Crippen molar-refractivity contribution in [1.82, 2.24) is 10.6 Å². The minimum Gasteiger partial charge on any atom is -0.481 e. The van der Waals surface area contributed by atoms with Crippen LogP contribution in [0.15, 0.2) is 0 Å². The fourth-order valence-corrected chi connectivity index (χ4v) is 2.27. The van der Waals surface area contributed by atoms with E-state index >= 15 is 0 Å². The summed E-state index contributed by atoms with van der Waals surface area (Å²) in [5.74, 6) is -0.749. The quantitative estimate of drug-likeness (QED) is 0.628. The van der Waals surface area contributed by atoms with E-state index in [1.54, 1.807) is 6.92 Å². The van der Waals surface area contributed by atoms with Crippen LogP contribution in [0.5, 0.6) is 0 Å². The molecule has 0 saturated carbocycles. The maximum atomic E-state index is 12.1. The van der Waals surface area contributed by atoms with E-state index in [2.05, 4.69) is 10.6 Å². The van der Waals surface area contributed by atoms with Gasteiger partial charge in [-0.3, -0.25) is 9.59 Å². The van der Waals surface area contributed by atoms with Crippen molar-refractivity contribution in [1.29, 1.82) is 0 Å². The first-order chi connectivity index (χ1) is 8.45. The van der Waals surface area contributed by atoms with Crippen molar-refractivity contribution in [2.75, 3.05) is 26.3 Å². The summed E-state index contributed by atoms with van der Waals surface area (Å²) >= 11 is 0. The molecule has 18 heavy (non-hydrogen) atoms. The molecule has 0 aromatic heterocycles. The second kappa shape index (κ2) is 4.85. The molecule has 3 unspecified atom stereocenters. The molecular weight excluding hydrogens is 236 g/mol. The molecule has 2 fully saturated rings. The molecule has 2 aliphatic heterocycles. The number of carboxylic acid groups (broad SMARTS) is 1.